The maximum absolute atomic E-state index is 6.08. The maximum Gasteiger partial charge on any atom is 0.166 e. The Labute approximate surface area is 127 Å². The summed E-state index contributed by atoms with van der Waals surface area (Å²) in [5.41, 5.74) is 1.22. The number of hydrogen-bond acceptors (Lipinski definition) is 6. The molecule has 0 saturated carbocycles. The van der Waals surface area contributed by atoms with Crippen molar-refractivity contribution in [3.8, 4) is 0 Å². The first kappa shape index (κ1) is 14.6. The summed E-state index contributed by atoms with van der Waals surface area (Å²) in [6.45, 7) is 2.55. The zero-order valence-electron chi connectivity index (χ0n) is 12.1. The van der Waals surface area contributed by atoms with Crippen LogP contribution in [-0.4, -0.2) is 52.6 Å². The molecule has 2 aromatic rings. The number of methoxy groups -OCH3 is 2. The van der Waals surface area contributed by atoms with Gasteiger partial charge >= 0.3 is 0 Å². The van der Waals surface area contributed by atoms with E-state index in [1.165, 1.54) is 6.33 Å². The third-order valence-corrected chi connectivity index (χ3v) is 4.12. The van der Waals surface area contributed by atoms with Gasteiger partial charge in [-0.05, 0) is 0 Å². The first-order valence-electron chi connectivity index (χ1n) is 6.67. The van der Waals surface area contributed by atoms with Gasteiger partial charge in [-0.2, -0.15) is 0 Å². The number of halogens is 1. The molecule has 1 saturated heterocycles. The minimum Gasteiger partial charge on any atom is -0.382 e. The molecule has 0 amide bonds. The van der Waals surface area contributed by atoms with E-state index in [1.54, 1.807) is 20.5 Å². The smallest absolute Gasteiger partial charge is 0.166 e. The molecule has 3 rings (SSSR count). The lowest BCUT2D eigenvalue weighted by Crippen LogP contribution is -2.31. The van der Waals surface area contributed by atoms with E-state index in [4.69, 9.17) is 25.8 Å². The lowest BCUT2D eigenvalue weighted by molar-refractivity contribution is -0.0600. The summed E-state index contributed by atoms with van der Waals surface area (Å²) in [5, 5.41) is 0.334. The summed E-state index contributed by atoms with van der Waals surface area (Å²) in [6.07, 6.45) is 2.68. The number of imidazole rings is 1. The van der Waals surface area contributed by atoms with Gasteiger partial charge in [-0.15, -0.1) is 0 Å². The third kappa shape index (κ3) is 2.40. The Morgan fingerprint density at radius 1 is 1.33 bits per heavy atom. The highest BCUT2D eigenvalue weighted by molar-refractivity contribution is 6.33. The second kappa shape index (κ2) is 5.84. The summed E-state index contributed by atoms with van der Waals surface area (Å²) < 4.78 is 18.7. The van der Waals surface area contributed by atoms with Crippen molar-refractivity contribution < 1.29 is 14.2 Å². The molecule has 1 aliphatic rings. The third-order valence-electron chi connectivity index (χ3n) is 3.84. The van der Waals surface area contributed by atoms with Crippen LogP contribution in [0, 0.1) is 5.92 Å². The predicted molar refractivity (Wildman–Crippen MR) is 76.1 cm³/mol. The highest BCUT2D eigenvalue weighted by Crippen LogP contribution is 2.37. The first-order valence-corrected chi connectivity index (χ1v) is 7.05. The number of ether oxygens (including phenoxy) is 3. The summed E-state index contributed by atoms with van der Waals surface area (Å²) in [4.78, 5) is 12.5. The van der Waals surface area contributed by atoms with Gasteiger partial charge in [0.15, 0.2) is 10.8 Å². The van der Waals surface area contributed by atoms with Crippen LogP contribution in [0.2, 0.25) is 5.15 Å². The lowest BCUT2D eigenvalue weighted by atomic mass is 10.0. The Bertz CT molecular complexity index is 635. The Hall–Kier alpha value is -1.28. The van der Waals surface area contributed by atoms with Crippen LogP contribution in [0.4, 0.5) is 0 Å². The van der Waals surface area contributed by atoms with Crippen molar-refractivity contribution in [1.82, 2.24) is 19.5 Å². The molecular formula is C13H17ClN4O3. The first-order chi connectivity index (χ1) is 10.2. The average molecular weight is 313 g/mol. The van der Waals surface area contributed by atoms with E-state index in [1.807, 2.05) is 4.57 Å². The second-order valence-electron chi connectivity index (χ2n) is 5.07. The van der Waals surface area contributed by atoms with Crippen molar-refractivity contribution in [1.29, 1.82) is 0 Å². The van der Waals surface area contributed by atoms with Gasteiger partial charge in [-0.1, -0.05) is 18.5 Å². The number of aromatic nitrogens is 4. The fourth-order valence-corrected chi connectivity index (χ4v) is 3.05. The molecular weight excluding hydrogens is 296 g/mol. The molecule has 1 fully saturated rings. The highest BCUT2D eigenvalue weighted by atomic mass is 35.5. The normalized spacial score (nSPS) is 29.3. The standard InChI is InChI=1S/C13H17ClN4O3/c1-7-10(20-3)8(4-19-2)21-13(7)18-6-17-9-11(14)15-5-16-12(9)18/h5-8,10,13H,4H2,1-3H3/t7?,8-,10?,13-/m1/s1. The van der Waals surface area contributed by atoms with Crippen LogP contribution in [0.1, 0.15) is 13.2 Å². The van der Waals surface area contributed by atoms with E-state index in [-0.39, 0.29) is 24.4 Å². The van der Waals surface area contributed by atoms with Crippen LogP contribution in [0.3, 0.4) is 0 Å². The number of rotatable bonds is 4. The highest BCUT2D eigenvalue weighted by Gasteiger charge is 2.43. The molecule has 0 N–H and O–H groups in total. The zero-order chi connectivity index (χ0) is 15.0. The van der Waals surface area contributed by atoms with Gasteiger partial charge in [0.05, 0.1) is 19.0 Å². The minimum atomic E-state index is -0.230. The number of fused-ring (bicyclic) bond motifs is 1. The Balaban J connectivity index is 1.97. The van der Waals surface area contributed by atoms with Crippen LogP contribution >= 0.6 is 11.6 Å². The monoisotopic (exact) mass is 312 g/mol. The van der Waals surface area contributed by atoms with Gasteiger partial charge in [0.1, 0.15) is 24.2 Å². The van der Waals surface area contributed by atoms with Gasteiger partial charge in [0.25, 0.3) is 0 Å². The summed E-state index contributed by atoms with van der Waals surface area (Å²) in [5.74, 6) is 0.126. The molecule has 2 unspecified atom stereocenters. The lowest BCUT2D eigenvalue weighted by Gasteiger charge is -2.19. The van der Waals surface area contributed by atoms with E-state index in [9.17, 15) is 0 Å². The van der Waals surface area contributed by atoms with Crippen molar-refractivity contribution in [2.45, 2.75) is 25.4 Å². The van der Waals surface area contributed by atoms with Crippen molar-refractivity contribution in [2.24, 2.45) is 5.92 Å². The predicted octanol–water partition coefficient (Wildman–Crippen LogP) is 1.67. The summed E-state index contributed by atoms with van der Waals surface area (Å²) in [6, 6.07) is 0. The zero-order valence-corrected chi connectivity index (χ0v) is 12.8. The van der Waals surface area contributed by atoms with Crippen molar-refractivity contribution in [3.05, 3.63) is 17.8 Å². The molecule has 0 radical (unpaired) electrons. The number of nitrogens with zero attached hydrogens (tertiary/aromatic N) is 4. The topological polar surface area (TPSA) is 71.3 Å². The quantitative estimate of drug-likeness (QED) is 0.800. The molecule has 21 heavy (non-hydrogen) atoms. The van der Waals surface area contributed by atoms with Crippen LogP contribution in [-0.2, 0) is 14.2 Å². The molecule has 0 aliphatic carbocycles. The molecule has 0 spiro atoms. The van der Waals surface area contributed by atoms with Crippen molar-refractivity contribution in [2.75, 3.05) is 20.8 Å². The van der Waals surface area contributed by atoms with E-state index in [0.29, 0.717) is 22.9 Å². The van der Waals surface area contributed by atoms with E-state index < -0.39 is 0 Å². The molecule has 7 nitrogen and oxygen atoms in total. The molecule has 0 bridgehead atoms. The largest absolute Gasteiger partial charge is 0.382 e. The van der Waals surface area contributed by atoms with Crippen molar-refractivity contribution in [3.63, 3.8) is 0 Å². The van der Waals surface area contributed by atoms with Crippen molar-refractivity contribution >= 4 is 22.8 Å². The fraction of sp³-hybridized carbons (Fsp3) is 0.615. The fourth-order valence-electron chi connectivity index (χ4n) is 2.87. The van der Waals surface area contributed by atoms with Gasteiger partial charge in [0.2, 0.25) is 0 Å². The van der Waals surface area contributed by atoms with E-state index in [0.717, 1.165) is 0 Å². The average Bonchev–Trinajstić information content (AvgIpc) is 3.02. The minimum absolute atomic E-state index is 0.0512. The summed E-state index contributed by atoms with van der Waals surface area (Å²) >= 11 is 6.04. The van der Waals surface area contributed by atoms with Gasteiger partial charge in [-0.3, -0.25) is 4.57 Å². The van der Waals surface area contributed by atoms with Crippen LogP contribution < -0.4 is 0 Å². The Kier molecular flexibility index (Phi) is 4.08. The van der Waals surface area contributed by atoms with Gasteiger partial charge in [-0.25, -0.2) is 15.0 Å². The molecule has 2 aromatic heterocycles. The van der Waals surface area contributed by atoms with Crippen LogP contribution in [0.25, 0.3) is 11.2 Å². The maximum atomic E-state index is 6.08. The Morgan fingerprint density at radius 2 is 2.14 bits per heavy atom. The molecule has 114 valence electrons. The van der Waals surface area contributed by atoms with Gasteiger partial charge in [0, 0.05) is 20.1 Å². The van der Waals surface area contributed by atoms with Gasteiger partial charge < -0.3 is 14.2 Å². The van der Waals surface area contributed by atoms with Crippen LogP contribution in [0.15, 0.2) is 12.7 Å². The molecule has 3 heterocycles. The van der Waals surface area contributed by atoms with E-state index in [2.05, 4.69) is 21.9 Å². The molecule has 4 atom stereocenters. The molecule has 0 aromatic carbocycles. The Morgan fingerprint density at radius 3 is 2.86 bits per heavy atom. The molecule has 8 heteroatoms. The molecule has 1 aliphatic heterocycles. The SMILES string of the molecule is COC[C@H]1O[C@@H](n2cnc3c(Cl)ncnc32)C(C)C1OC. The van der Waals surface area contributed by atoms with Crippen LogP contribution in [0.5, 0.6) is 0 Å². The number of hydrogen-bond donors (Lipinski definition) is 0. The summed E-state index contributed by atoms with van der Waals surface area (Å²) in [7, 11) is 3.33. The second-order valence-corrected chi connectivity index (χ2v) is 5.43. The van der Waals surface area contributed by atoms with E-state index >= 15 is 0 Å².